The van der Waals surface area contributed by atoms with Gasteiger partial charge in [-0.1, -0.05) is 6.42 Å². The summed E-state index contributed by atoms with van der Waals surface area (Å²) in [7, 11) is 1.91. The zero-order valence-corrected chi connectivity index (χ0v) is 19.2. The van der Waals surface area contributed by atoms with E-state index in [0.29, 0.717) is 29.5 Å². The summed E-state index contributed by atoms with van der Waals surface area (Å²) in [6, 6.07) is 5.45. The Labute approximate surface area is 183 Å². The highest BCUT2D eigenvalue weighted by atomic mass is 127. The molecule has 3 heterocycles. The normalized spacial score (nSPS) is 32.3. The van der Waals surface area contributed by atoms with Crippen LogP contribution in [0, 0.1) is 11.3 Å². The van der Waals surface area contributed by atoms with E-state index in [9.17, 15) is 0 Å². The number of hydrogen-bond acceptors (Lipinski definition) is 4. The number of halogens is 1. The highest BCUT2D eigenvalue weighted by Gasteiger charge is 2.66. The molecule has 27 heavy (non-hydrogen) atoms. The van der Waals surface area contributed by atoms with Gasteiger partial charge in [-0.3, -0.25) is 4.99 Å². The molecule has 1 spiro atoms. The van der Waals surface area contributed by atoms with Crippen LogP contribution in [0.25, 0.3) is 0 Å². The molecule has 0 amide bonds. The van der Waals surface area contributed by atoms with Gasteiger partial charge in [-0.25, -0.2) is 0 Å². The number of guanidine groups is 1. The first-order chi connectivity index (χ1) is 12.8. The average Bonchev–Trinajstić information content (AvgIpc) is 3.29. The molecule has 2 aliphatic heterocycles. The van der Waals surface area contributed by atoms with Crippen LogP contribution in [0.4, 0.5) is 5.00 Å². The smallest absolute Gasteiger partial charge is 0.191 e. The SMILES string of the molecule is CN=C(NC1CCN(c2cccs2)CC1)NC1C2CCOC2C12CCC2.I. The minimum Gasteiger partial charge on any atom is -0.377 e. The van der Waals surface area contributed by atoms with Crippen LogP contribution in [0.15, 0.2) is 22.5 Å². The summed E-state index contributed by atoms with van der Waals surface area (Å²) in [6.45, 7) is 3.20. The Kier molecular flexibility index (Phi) is 5.90. The van der Waals surface area contributed by atoms with Crippen LogP contribution in [0.5, 0.6) is 0 Å². The van der Waals surface area contributed by atoms with Crippen LogP contribution < -0.4 is 15.5 Å². The predicted molar refractivity (Wildman–Crippen MR) is 123 cm³/mol. The second-order valence-electron chi connectivity index (χ2n) is 8.38. The number of aliphatic imine (C=N–C) groups is 1. The van der Waals surface area contributed by atoms with E-state index in [0.717, 1.165) is 25.7 Å². The maximum Gasteiger partial charge on any atom is 0.191 e. The fraction of sp³-hybridized carbons (Fsp3) is 0.750. The van der Waals surface area contributed by atoms with Crippen molar-refractivity contribution >= 4 is 46.3 Å². The van der Waals surface area contributed by atoms with Gasteiger partial charge >= 0.3 is 0 Å². The molecule has 5 nitrogen and oxygen atoms in total. The fourth-order valence-corrected chi connectivity index (χ4v) is 6.45. The van der Waals surface area contributed by atoms with Crippen molar-refractivity contribution in [2.75, 3.05) is 31.6 Å². The molecule has 1 aromatic rings. The van der Waals surface area contributed by atoms with E-state index in [4.69, 9.17) is 4.74 Å². The summed E-state index contributed by atoms with van der Waals surface area (Å²) >= 11 is 1.84. The number of nitrogens with one attached hydrogen (secondary N) is 2. The van der Waals surface area contributed by atoms with Crippen LogP contribution in [0.2, 0.25) is 0 Å². The third kappa shape index (κ3) is 3.37. The number of fused-ring (bicyclic) bond motifs is 2. The van der Waals surface area contributed by atoms with Crippen molar-refractivity contribution in [2.45, 2.75) is 56.7 Å². The number of nitrogens with zero attached hydrogens (tertiary/aromatic N) is 2. The molecule has 0 aromatic carbocycles. The van der Waals surface area contributed by atoms with Crippen LogP contribution in [0.1, 0.15) is 38.5 Å². The summed E-state index contributed by atoms with van der Waals surface area (Å²) in [6.07, 6.45) is 8.07. The van der Waals surface area contributed by atoms with Crippen LogP contribution in [0.3, 0.4) is 0 Å². The third-order valence-electron chi connectivity index (χ3n) is 7.21. The zero-order chi connectivity index (χ0) is 17.6. The number of hydrogen-bond donors (Lipinski definition) is 2. The lowest BCUT2D eigenvalue weighted by Crippen LogP contribution is -2.72. The number of ether oxygens (including phenoxy) is 1. The molecule has 0 radical (unpaired) electrons. The largest absolute Gasteiger partial charge is 0.377 e. The quantitative estimate of drug-likeness (QED) is 0.378. The summed E-state index contributed by atoms with van der Waals surface area (Å²) < 4.78 is 6.05. The molecular weight excluding hydrogens is 471 g/mol. The van der Waals surface area contributed by atoms with Crippen molar-refractivity contribution < 1.29 is 4.74 Å². The van der Waals surface area contributed by atoms with Gasteiger partial charge < -0.3 is 20.3 Å². The molecule has 3 atom stereocenters. The Balaban J connectivity index is 0.00000180. The topological polar surface area (TPSA) is 48.9 Å². The Morgan fingerprint density at radius 2 is 2.07 bits per heavy atom. The molecular formula is C20H31IN4OS. The average molecular weight is 502 g/mol. The van der Waals surface area contributed by atoms with Gasteiger partial charge in [0.1, 0.15) is 0 Å². The molecule has 1 aromatic heterocycles. The standard InChI is InChI=1S/C20H30N4OS.HI/c1-21-19(22-14-5-10-24(11-6-14)16-4-2-13-26-16)23-17-15-7-12-25-18(15)20(17)8-3-9-20;/h2,4,13-15,17-18H,3,5-12H2,1H3,(H2,21,22,23);1H. The monoisotopic (exact) mass is 502 g/mol. The lowest BCUT2D eigenvalue weighted by molar-refractivity contribution is -0.171. The maximum absolute atomic E-state index is 6.05. The molecule has 2 saturated carbocycles. The van der Waals surface area contributed by atoms with Crippen molar-refractivity contribution in [3.05, 3.63) is 17.5 Å². The van der Waals surface area contributed by atoms with Gasteiger partial charge in [0, 0.05) is 50.2 Å². The van der Waals surface area contributed by atoms with E-state index >= 15 is 0 Å². The highest BCUT2D eigenvalue weighted by Crippen LogP contribution is 2.62. The molecule has 2 aliphatic carbocycles. The van der Waals surface area contributed by atoms with Gasteiger partial charge in [-0.2, -0.15) is 0 Å². The Hall–Kier alpha value is -0.540. The van der Waals surface area contributed by atoms with E-state index in [1.54, 1.807) is 0 Å². The van der Waals surface area contributed by atoms with Crippen molar-refractivity contribution in [1.82, 2.24) is 10.6 Å². The molecule has 7 heteroatoms. The molecule has 2 N–H and O–H groups in total. The van der Waals surface area contributed by atoms with Crippen LogP contribution >= 0.6 is 35.3 Å². The van der Waals surface area contributed by atoms with E-state index in [1.807, 2.05) is 18.4 Å². The minimum absolute atomic E-state index is 0. The van der Waals surface area contributed by atoms with Crippen molar-refractivity contribution in [1.29, 1.82) is 0 Å². The molecule has 5 rings (SSSR count). The molecule has 4 fully saturated rings. The second-order valence-corrected chi connectivity index (χ2v) is 9.31. The summed E-state index contributed by atoms with van der Waals surface area (Å²) in [5.41, 5.74) is 0.404. The van der Waals surface area contributed by atoms with Gasteiger partial charge in [-0.05, 0) is 49.6 Å². The number of rotatable bonds is 3. The number of piperidine rings is 1. The van der Waals surface area contributed by atoms with Crippen LogP contribution in [-0.4, -0.2) is 50.9 Å². The first-order valence-electron chi connectivity index (χ1n) is 10.2. The number of anilines is 1. The highest BCUT2D eigenvalue weighted by molar-refractivity contribution is 14.0. The van der Waals surface area contributed by atoms with E-state index in [-0.39, 0.29) is 24.0 Å². The summed E-state index contributed by atoms with van der Waals surface area (Å²) in [5.74, 6) is 1.69. The lowest BCUT2D eigenvalue weighted by Gasteiger charge is -2.63. The molecule has 4 aliphatic rings. The minimum atomic E-state index is 0. The fourth-order valence-electron chi connectivity index (χ4n) is 5.66. The molecule has 2 saturated heterocycles. The second kappa shape index (κ2) is 8.06. The van der Waals surface area contributed by atoms with E-state index < -0.39 is 0 Å². The van der Waals surface area contributed by atoms with Gasteiger partial charge in [0.2, 0.25) is 0 Å². The van der Waals surface area contributed by atoms with E-state index in [1.165, 1.54) is 43.5 Å². The molecule has 0 bridgehead atoms. The van der Waals surface area contributed by atoms with Gasteiger partial charge in [0.15, 0.2) is 5.96 Å². The van der Waals surface area contributed by atoms with Gasteiger partial charge in [0.05, 0.1) is 11.1 Å². The van der Waals surface area contributed by atoms with Gasteiger partial charge in [-0.15, -0.1) is 35.3 Å². The Morgan fingerprint density at radius 1 is 1.26 bits per heavy atom. The summed E-state index contributed by atoms with van der Waals surface area (Å²) in [4.78, 5) is 7.06. The van der Waals surface area contributed by atoms with Crippen molar-refractivity contribution in [3.8, 4) is 0 Å². The van der Waals surface area contributed by atoms with Crippen LogP contribution in [-0.2, 0) is 4.74 Å². The van der Waals surface area contributed by atoms with Gasteiger partial charge in [0.25, 0.3) is 0 Å². The zero-order valence-electron chi connectivity index (χ0n) is 16.0. The Bertz CT molecular complexity index is 655. The molecule has 150 valence electrons. The Morgan fingerprint density at radius 3 is 2.70 bits per heavy atom. The maximum atomic E-state index is 6.05. The number of thiophene rings is 1. The first-order valence-corrected chi connectivity index (χ1v) is 11.1. The van der Waals surface area contributed by atoms with Crippen molar-refractivity contribution in [2.24, 2.45) is 16.3 Å². The van der Waals surface area contributed by atoms with Crippen molar-refractivity contribution in [3.63, 3.8) is 0 Å². The van der Waals surface area contributed by atoms with E-state index in [2.05, 4.69) is 38.0 Å². The summed E-state index contributed by atoms with van der Waals surface area (Å²) in [5, 5.41) is 11.1. The lowest BCUT2D eigenvalue weighted by atomic mass is 9.46. The third-order valence-corrected chi connectivity index (χ3v) is 8.13. The first kappa shape index (κ1) is 19.8. The molecule has 3 unspecified atom stereocenters. The predicted octanol–water partition coefficient (Wildman–Crippen LogP) is 3.46.